The molecule has 1 aromatic carbocycles. The second kappa shape index (κ2) is 6.39. The highest BCUT2D eigenvalue weighted by Gasteiger charge is 2.15. The third kappa shape index (κ3) is 3.50. The number of carbonyl (C=O) groups excluding carboxylic acids is 1. The summed E-state index contributed by atoms with van der Waals surface area (Å²) in [4.78, 5) is 12.4. The smallest absolute Gasteiger partial charge is 0.209 e. The van der Waals surface area contributed by atoms with E-state index in [4.69, 9.17) is 0 Å². The van der Waals surface area contributed by atoms with Gasteiger partial charge in [-0.1, -0.05) is 17.8 Å². The van der Waals surface area contributed by atoms with Gasteiger partial charge in [0.2, 0.25) is 5.16 Å². The van der Waals surface area contributed by atoms with Gasteiger partial charge in [0.1, 0.15) is 0 Å². The van der Waals surface area contributed by atoms with Crippen LogP contribution in [0.5, 0.6) is 0 Å². The van der Waals surface area contributed by atoms with E-state index in [1.165, 1.54) is 17.3 Å². The zero-order valence-electron chi connectivity index (χ0n) is 13.0. The zero-order chi connectivity index (χ0) is 15.6. The maximum Gasteiger partial charge on any atom is 0.209 e. The predicted octanol–water partition coefficient (Wildman–Crippen LogP) is 3.15. The van der Waals surface area contributed by atoms with Crippen molar-refractivity contribution >= 4 is 17.5 Å². The first-order valence-corrected chi connectivity index (χ1v) is 7.90. The summed E-state index contributed by atoms with van der Waals surface area (Å²) in [7, 11) is 0. The number of carbonyl (C=O) groups is 1. The van der Waals surface area contributed by atoms with Crippen molar-refractivity contribution in [3.05, 3.63) is 34.4 Å². The Morgan fingerprint density at radius 3 is 2.52 bits per heavy atom. The van der Waals surface area contributed by atoms with Crippen molar-refractivity contribution in [2.75, 3.05) is 5.75 Å². The van der Waals surface area contributed by atoms with E-state index in [0.717, 1.165) is 16.7 Å². The number of hydrogen-bond donors (Lipinski definition) is 0. The van der Waals surface area contributed by atoms with Crippen LogP contribution < -0.4 is 0 Å². The molecule has 0 saturated heterocycles. The van der Waals surface area contributed by atoms with Crippen molar-refractivity contribution in [1.82, 2.24) is 20.2 Å². The largest absolute Gasteiger partial charge is 0.293 e. The summed E-state index contributed by atoms with van der Waals surface area (Å²) < 4.78 is 1.73. The summed E-state index contributed by atoms with van der Waals surface area (Å²) in [5.74, 6) is 0.454. The Hall–Kier alpha value is -1.69. The van der Waals surface area contributed by atoms with Crippen LogP contribution in [0.3, 0.4) is 0 Å². The fourth-order valence-corrected chi connectivity index (χ4v) is 2.96. The minimum Gasteiger partial charge on any atom is -0.293 e. The van der Waals surface area contributed by atoms with Crippen LogP contribution in [0.15, 0.2) is 17.3 Å². The lowest BCUT2D eigenvalue weighted by atomic mass is 9.99. The second-order valence-corrected chi connectivity index (χ2v) is 6.41. The molecule has 0 saturated carbocycles. The summed E-state index contributed by atoms with van der Waals surface area (Å²) in [5.41, 5.74) is 4.16. The average molecular weight is 304 g/mol. The van der Waals surface area contributed by atoms with Crippen molar-refractivity contribution in [1.29, 1.82) is 0 Å². The lowest BCUT2D eigenvalue weighted by molar-refractivity contribution is 0.102. The van der Waals surface area contributed by atoms with Crippen LogP contribution in [0.4, 0.5) is 0 Å². The maximum absolute atomic E-state index is 12.4. The highest BCUT2D eigenvalue weighted by atomic mass is 32.2. The molecule has 0 atom stereocenters. The highest BCUT2D eigenvalue weighted by molar-refractivity contribution is 7.99. The highest BCUT2D eigenvalue weighted by Crippen LogP contribution is 2.21. The fraction of sp³-hybridized carbons (Fsp3) is 0.467. The topological polar surface area (TPSA) is 60.7 Å². The summed E-state index contributed by atoms with van der Waals surface area (Å²) in [6.45, 7) is 10.1. The second-order valence-electron chi connectivity index (χ2n) is 5.46. The first kappa shape index (κ1) is 15.7. The van der Waals surface area contributed by atoms with E-state index in [-0.39, 0.29) is 11.8 Å². The van der Waals surface area contributed by atoms with Gasteiger partial charge >= 0.3 is 0 Å². The number of rotatable bonds is 5. The van der Waals surface area contributed by atoms with E-state index in [2.05, 4.69) is 28.5 Å². The molecule has 0 aliphatic heterocycles. The van der Waals surface area contributed by atoms with Gasteiger partial charge in [0.15, 0.2) is 5.78 Å². The molecule has 0 aliphatic carbocycles. The van der Waals surface area contributed by atoms with Gasteiger partial charge in [0.05, 0.1) is 11.8 Å². The van der Waals surface area contributed by atoms with Crippen LogP contribution in [-0.2, 0) is 0 Å². The van der Waals surface area contributed by atoms with Gasteiger partial charge in [0.25, 0.3) is 0 Å². The van der Waals surface area contributed by atoms with E-state index < -0.39 is 0 Å². The van der Waals surface area contributed by atoms with E-state index in [0.29, 0.717) is 10.9 Å². The van der Waals surface area contributed by atoms with E-state index >= 15 is 0 Å². The van der Waals surface area contributed by atoms with Gasteiger partial charge in [-0.3, -0.25) is 4.79 Å². The SMILES string of the molecule is Cc1cc(C)c(C(=O)CSc2nnnn2C(C)C)cc1C. The quantitative estimate of drug-likeness (QED) is 0.627. The number of ketones is 1. The fourth-order valence-electron chi connectivity index (χ4n) is 2.07. The van der Waals surface area contributed by atoms with E-state index in [9.17, 15) is 4.79 Å². The Morgan fingerprint density at radius 1 is 1.19 bits per heavy atom. The van der Waals surface area contributed by atoms with Crippen LogP contribution in [0.2, 0.25) is 0 Å². The van der Waals surface area contributed by atoms with Crippen molar-refractivity contribution in [3.63, 3.8) is 0 Å². The van der Waals surface area contributed by atoms with Gasteiger partial charge in [-0.2, -0.15) is 0 Å². The molecule has 1 heterocycles. The van der Waals surface area contributed by atoms with Gasteiger partial charge in [-0.15, -0.1) is 5.10 Å². The molecule has 0 amide bonds. The van der Waals surface area contributed by atoms with Crippen LogP contribution in [0.1, 0.15) is 46.9 Å². The van der Waals surface area contributed by atoms with Gasteiger partial charge < -0.3 is 0 Å². The first-order valence-electron chi connectivity index (χ1n) is 6.92. The Bertz CT molecular complexity index is 664. The van der Waals surface area contributed by atoms with Crippen molar-refractivity contribution in [3.8, 4) is 0 Å². The standard InChI is InChI=1S/C15H20N4OS/c1-9(2)19-15(16-17-18-19)21-8-14(20)13-7-11(4)10(3)6-12(13)5/h6-7,9H,8H2,1-5H3. The molecule has 0 bridgehead atoms. The molecule has 0 N–H and O–H groups in total. The monoisotopic (exact) mass is 304 g/mol. The first-order chi connectivity index (χ1) is 9.90. The van der Waals surface area contributed by atoms with E-state index in [1.807, 2.05) is 33.8 Å². The number of nitrogens with zero attached hydrogens (tertiary/aromatic N) is 4. The Kier molecular flexibility index (Phi) is 4.77. The number of benzene rings is 1. The molecule has 6 heteroatoms. The molecule has 0 fully saturated rings. The van der Waals surface area contributed by atoms with Crippen molar-refractivity contribution in [2.45, 2.75) is 45.8 Å². The molecule has 1 aromatic heterocycles. The Labute approximate surface area is 129 Å². The predicted molar refractivity (Wildman–Crippen MR) is 83.9 cm³/mol. The number of aryl methyl sites for hydroxylation is 3. The van der Waals surface area contributed by atoms with Crippen molar-refractivity contribution in [2.24, 2.45) is 0 Å². The minimum atomic E-state index is 0.110. The molecular weight excluding hydrogens is 284 g/mol. The van der Waals surface area contributed by atoms with Crippen LogP contribution in [-0.4, -0.2) is 31.7 Å². The summed E-state index contributed by atoms with van der Waals surface area (Å²) in [6.07, 6.45) is 0. The lowest BCUT2D eigenvalue weighted by Crippen LogP contribution is -2.09. The van der Waals surface area contributed by atoms with Gasteiger partial charge in [-0.25, -0.2) is 4.68 Å². The number of Topliss-reactive ketones (excluding diaryl/α,β-unsaturated/α-hetero) is 1. The van der Waals surface area contributed by atoms with Crippen molar-refractivity contribution < 1.29 is 4.79 Å². The van der Waals surface area contributed by atoms with Crippen LogP contribution >= 0.6 is 11.8 Å². The third-order valence-corrected chi connectivity index (χ3v) is 4.36. The van der Waals surface area contributed by atoms with Gasteiger partial charge in [-0.05, 0) is 67.8 Å². The summed E-state index contributed by atoms with van der Waals surface area (Å²) in [5, 5.41) is 12.3. The average Bonchev–Trinajstić information content (AvgIpc) is 2.88. The molecule has 0 spiro atoms. The third-order valence-electron chi connectivity index (χ3n) is 3.43. The molecular formula is C15H20N4OS. The molecule has 0 unspecified atom stereocenters. The van der Waals surface area contributed by atoms with Gasteiger partial charge in [0, 0.05) is 5.56 Å². The Morgan fingerprint density at radius 2 is 1.86 bits per heavy atom. The number of tetrazole rings is 1. The number of hydrogen-bond acceptors (Lipinski definition) is 5. The molecule has 21 heavy (non-hydrogen) atoms. The van der Waals surface area contributed by atoms with Crippen LogP contribution in [0.25, 0.3) is 0 Å². The molecule has 5 nitrogen and oxygen atoms in total. The molecule has 0 aliphatic rings. The van der Waals surface area contributed by atoms with E-state index in [1.54, 1.807) is 4.68 Å². The number of aromatic nitrogens is 4. The summed E-state index contributed by atoms with van der Waals surface area (Å²) >= 11 is 1.38. The Balaban J connectivity index is 2.12. The molecule has 0 radical (unpaired) electrons. The molecule has 112 valence electrons. The van der Waals surface area contributed by atoms with Crippen LogP contribution in [0, 0.1) is 20.8 Å². The molecule has 2 aromatic rings. The molecule has 2 rings (SSSR count). The normalized spacial score (nSPS) is 11.1. The maximum atomic E-state index is 12.4. The minimum absolute atomic E-state index is 0.110. The lowest BCUT2D eigenvalue weighted by Gasteiger charge is -2.09. The zero-order valence-corrected chi connectivity index (χ0v) is 13.9. The number of thioether (sulfide) groups is 1. The summed E-state index contributed by atoms with van der Waals surface area (Å²) in [6, 6.07) is 4.21.